The maximum absolute atomic E-state index is 13.4. The highest BCUT2D eigenvalue weighted by atomic mass is 19.1. The number of carbonyl (C=O) groups excluding carboxylic acids is 1. The third-order valence-corrected chi connectivity index (χ3v) is 2.74. The predicted octanol–water partition coefficient (Wildman–Crippen LogP) is 1.15. The van der Waals surface area contributed by atoms with Gasteiger partial charge in [0.1, 0.15) is 5.82 Å². The first-order chi connectivity index (χ1) is 7.95. The number of nitrogen functional groups attached to an aromatic ring is 1. The van der Waals surface area contributed by atoms with Crippen LogP contribution in [0.15, 0.2) is 18.2 Å². The van der Waals surface area contributed by atoms with Gasteiger partial charge < -0.3 is 16.2 Å². The normalized spacial score (nSPS) is 14.1. The minimum absolute atomic E-state index is 0.0360. The lowest BCUT2D eigenvalue weighted by Gasteiger charge is -2.19. The molecule has 0 aliphatic heterocycles. The fraction of sp³-hybridized carbons (Fsp3) is 0.417. The summed E-state index contributed by atoms with van der Waals surface area (Å²) < 4.78 is 13.4. The predicted molar refractivity (Wildman–Crippen MR) is 64.0 cm³/mol. The Balaban J connectivity index is 2.76. The summed E-state index contributed by atoms with van der Waals surface area (Å²) in [7, 11) is 0. The first-order valence-electron chi connectivity index (χ1n) is 5.42. The molecule has 1 aromatic rings. The zero-order valence-corrected chi connectivity index (χ0v) is 9.90. The van der Waals surface area contributed by atoms with Gasteiger partial charge in [0.25, 0.3) is 5.91 Å². The van der Waals surface area contributed by atoms with Gasteiger partial charge in [0.2, 0.25) is 0 Å². The second-order valence-electron chi connectivity index (χ2n) is 4.16. The van der Waals surface area contributed by atoms with Crippen LogP contribution in [0.1, 0.15) is 24.2 Å². The number of nitrogens with two attached hydrogens (primary N) is 1. The highest BCUT2D eigenvalue weighted by Crippen LogP contribution is 2.12. The summed E-state index contributed by atoms with van der Waals surface area (Å²) in [6.45, 7) is 3.52. The van der Waals surface area contributed by atoms with Gasteiger partial charge >= 0.3 is 0 Å². The van der Waals surface area contributed by atoms with Crippen molar-refractivity contribution in [3.05, 3.63) is 29.6 Å². The third-order valence-electron chi connectivity index (χ3n) is 2.74. The summed E-state index contributed by atoms with van der Waals surface area (Å²) in [4.78, 5) is 11.7. The summed E-state index contributed by atoms with van der Waals surface area (Å²) in [6.07, 6.45) is 0. The van der Waals surface area contributed by atoms with Crippen LogP contribution in [-0.2, 0) is 0 Å². The molecule has 2 unspecified atom stereocenters. The van der Waals surface area contributed by atoms with Crippen LogP contribution in [0.3, 0.4) is 0 Å². The molecule has 1 aromatic carbocycles. The van der Waals surface area contributed by atoms with Gasteiger partial charge in [0.15, 0.2) is 0 Å². The fourth-order valence-electron chi connectivity index (χ4n) is 1.30. The molecule has 4 N–H and O–H groups in total. The van der Waals surface area contributed by atoms with E-state index in [1.54, 1.807) is 13.8 Å². The van der Waals surface area contributed by atoms with Gasteiger partial charge in [-0.2, -0.15) is 0 Å². The van der Waals surface area contributed by atoms with Gasteiger partial charge in [0.05, 0.1) is 5.56 Å². The van der Waals surface area contributed by atoms with E-state index >= 15 is 0 Å². The molecular weight excluding hydrogens is 223 g/mol. The number of nitrogens with one attached hydrogen (secondary N) is 1. The van der Waals surface area contributed by atoms with Crippen molar-refractivity contribution in [3.8, 4) is 0 Å². The smallest absolute Gasteiger partial charge is 0.254 e. The lowest BCUT2D eigenvalue weighted by atomic mass is 10.0. The van der Waals surface area contributed by atoms with E-state index in [9.17, 15) is 9.18 Å². The Bertz CT molecular complexity index is 409. The van der Waals surface area contributed by atoms with Crippen molar-refractivity contribution in [2.45, 2.75) is 19.9 Å². The molecule has 0 spiro atoms. The van der Waals surface area contributed by atoms with Crippen molar-refractivity contribution in [2.75, 3.05) is 12.3 Å². The first kappa shape index (κ1) is 13.4. The van der Waals surface area contributed by atoms with Crippen molar-refractivity contribution in [1.29, 1.82) is 0 Å². The molecule has 0 bridgehead atoms. The van der Waals surface area contributed by atoms with E-state index in [0.29, 0.717) is 0 Å². The number of carbonyl (C=O) groups is 1. The zero-order chi connectivity index (χ0) is 13.0. The topological polar surface area (TPSA) is 75.3 Å². The van der Waals surface area contributed by atoms with E-state index in [-0.39, 0.29) is 29.8 Å². The number of amides is 1. The lowest BCUT2D eigenvalue weighted by Crippen LogP contribution is -2.38. The molecule has 0 aliphatic rings. The van der Waals surface area contributed by atoms with Gasteiger partial charge in [0, 0.05) is 18.3 Å². The molecule has 0 saturated heterocycles. The summed E-state index contributed by atoms with van der Waals surface area (Å²) in [5, 5.41) is 11.6. The number of hydrogen-bond donors (Lipinski definition) is 3. The van der Waals surface area contributed by atoms with Crippen LogP contribution in [-0.4, -0.2) is 23.7 Å². The molecule has 2 atom stereocenters. The van der Waals surface area contributed by atoms with E-state index in [1.165, 1.54) is 12.1 Å². The molecule has 0 heterocycles. The van der Waals surface area contributed by atoms with E-state index in [4.69, 9.17) is 10.8 Å². The number of anilines is 1. The second-order valence-corrected chi connectivity index (χ2v) is 4.16. The standard InChI is InChI=1S/C12H17FN2O2/c1-7(6-16)8(2)15-12(17)10-4-3-9(14)5-11(10)13/h3-5,7-8,16H,6,14H2,1-2H3,(H,15,17). The van der Waals surface area contributed by atoms with E-state index in [0.717, 1.165) is 6.07 Å². The van der Waals surface area contributed by atoms with Gasteiger partial charge in [-0.15, -0.1) is 0 Å². The monoisotopic (exact) mass is 240 g/mol. The van der Waals surface area contributed by atoms with Crippen molar-refractivity contribution < 1.29 is 14.3 Å². The molecule has 0 radical (unpaired) electrons. The van der Waals surface area contributed by atoms with Crippen LogP contribution < -0.4 is 11.1 Å². The highest BCUT2D eigenvalue weighted by molar-refractivity contribution is 5.95. The van der Waals surface area contributed by atoms with Crippen LogP contribution in [0.2, 0.25) is 0 Å². The van der Waals surface area contributed by atoms with E-state index in [2.05, 4.69) is 5.32 Å². The van der Waals surface area contributed by atoms with Gasteiger partial charge in [-0.25, -0.2) is 4.39 Å². The van der Waals surface area contributed by atoms with Crippen molar-refractivity contribution >= 4 is 11.6 Å². The minimum atomic E-state index is -0.647. The van der Waals surface area contributed by atoms with Crippen molar-refractivity contribution in [2.24, 2.45) is 5.92 Å². The molecule has 94 valence electrons. The average molecular weight is 240 g/mol. The molecule has 0 saturated carbocycles. The summed E-state index contributed by atoms with van der Waals surface area (Å²) in [5.74, 6) is -1.24. The largest absolute Gasteiger partial charge is 0.399 e. The Hall–Kier alpha value is -1.62. The molecule has 4 nitrogen and oxygen atoms in total. The highest BCUT2D eigenvalue weighted by Gasteiger charge is 2.17. The molecule has 0 aromatic heterocycles. The van der Waals surface area contributed by atoms with Crippen molar-refractivity contribution in [3.63, 3.8) is 0 Å². The number of aliphatic hydroxyl groups excluding tert-OH is 1. The molecular formula is C12H17FN2O2. The Morgan fingerprint density at radius 3 is 2.71 bits per heavy atom. The van der Waals surface area contributed by atoms with E-state index in [1.807, 2.05) is 0 Å². The quantitative estimate of drug-likeness (QED) is 0.691. The molecule has 5 heteroatoms. The maximum Gasteiger partial charge on any atom is 0.254 e. The summed E-state index contributed by atoms with van der Waals surface area (Å²) >= 11 is 0. The maximum atomic E-state index is 13.4. The van der Waals surface area contributed by atoms with Crippen LogP contribution >= 0.6 is 0 Å². The Kier molecular flexibility index (Phi) is 4.45. The number of halogens is 1. The molecule has 0 fully saturated rings. The average Bonchev–Trinajstić information content (AvgIpc) is 2.27. The lowest BCUT2D eigenvalue weighted by molar-refractivity contribution is 0.0912. The van der Waals surface area contributed by atoms with Gasteiger partial charge in [-0.05, 0) is 31.0 Å². The van der Waals surface area contributed by atoms with Crippen molar-refractivity contribution in [1.82, 2.24) is 5.32 Å². The van der Waals surface area contributed by atoms with Crippen LogP contribution in [0.25, 0.3) is 0 Å². The van der Waals surface area contributed by atoms with Crippen LogP contribution in [0.4, 0.5) is 10.1 Å². The SMILES string of the molecule is CC(CO)C(C)NC(=O)c1ccc(N)cc1F. The zero-order valence-electron chi connectivity index (χ0n) is 9.90. The number of hydrogen-bond acceptors (Lipinski definition) is 3. The fourth-order valence-corrected chi connectivity index (χ4v) is 1.30. The number of rotatable bonds is 4. The first-order valence-corrected chi connectivity index (χ1v) is 5.42. The molecule has 1 rings (SSSR count). The molecule has 1 amide bonds. The minimum Gasteiger partial charge on any atom is -0.399 e. The Labute approximate surface area is 99.6 Å². The number of benzene rings is 1. The van der Waals surface area contributed by atoms with Crippen LogP contribution in [0, 0.1) is 11.7 Å². The Morgan fingerprint density at radius 1 is 1.53 bits per heavy atom. The third kappa shape index (κ3) is 3.42. The molecule has 0 aliphatic carbocycles. The van der Waals surface area contributed by atoms with Gasteiger partial charge in [-0.3, -0.25) is 4.79 Å². The Morgan fingerprint density at radius 2 is 2.18 bits per heavy atom. The molecule has 17 heavy (non-hydrogen) atoms. The van der Waals surface area contributed by atoms with E-state index < -0.39 is 11.7 Å². The number of aliphatic hydroxyl groups is 1. The second kappa shape index (κ2) is 5.63. The van der Waals surface area contributed by atoms with Gasteiger partial charge in [-0.1, -0.05) is 6.92 Å². The summed E-state index contributed by atoms with van der Waals surface area (Å²) in [6, 6.07) is 3.69. The summed E-state index contributed by atoms with van der Waals surface area (Å²) in [5.41, 5.74) is 5.62. The van der Waals surface area contributed by atoms with Crippen LogP contribution in [0.5, 0.6) is 0 Å².